The van der Waals surface area contributed by atoms with Crippen molar-refractivity contribution in [3.8, 4) is 0 Å². The van der Waals surface area contributed by atoms with Gasteiger partial charge in [0.1, 0.15) is 0 Å². The van der Waals surface area contributed by atoms with Crippen LogP contribution in [0.1, 0.15) is 0 Å². The van der Waals surface area contributed by atoms with Crippen molar-refractivity contribution >= 4 is 17.9 Å². The van der Waals surface area contributed by atoms with E-state index in [1.807, 2.05) is 0 Å². The van der Waals surface area contributed by atoms with Gasteiger partial charge in [-0.3, -0.25) is 4.79 Å². The van der Waals surface area contributed by atoms with Gasteiger partial charge in [0.15, 0.2) is 0 Å². The summed E-state index contributed by atoms with van der Waals surface area (Å²) < 4.78 is 0. The molecule has 0 heterocycles. The highest BCUT2D eigenvalue weighted by Crippen LogP contribution is 1.72. The number of rotatable bonds is 2. The quantitative estimate of drug-likeness (QED) is 0.453. The molecule has 0 aliphatic rings. The summed E-state index contributed by atoms with van der Waals surface area (Å²) in [6.07, 6.45) is 2.72. The van der Waals surface area contributed by atoms with Gasteiger partial charge in [-0.15, -0.1) is 11.6 Å². The highest BCUT2D eigenvalue weighted by molar-refractivity contribution is 6.19. The second-order valence-corrected chi connectivity index (χ2v) is 0.785. The lowest BCUT2D eigenvalue weighted by atomic mass is 10.6. The minimum absolute atomic E-state index is 0.267. The van der Waals surface area contributed by atoms with Crippen LogP contribution in [0.4, 0.5) is 0 Å². The molecule has 0 spiro atoms. The fourth-order valence-electron chi connectivity index (χ4n) is 0.0315. The molecule has 0 aromatic rings. The van der Waals surface area contributed by atoms with Crippen LogP contribution in [-0.2, 0) is 4.79 Å². The van der Waals surface area contributed by atoms with Crippen molar-refractivity contribution in [2.24, 2.45) is 0 Å². The van der Waals surface area contributed by atoms with Crippen LogP contribution in [0.3, 0.4) is 0 Å². The highest BCUT2D eigenvalue weighted by atomic mass is 35.5. The van der Waals surface area contributed by atoms with E-state index in [1.54, 1.807) is 0 Å². The molecule has 0 amide bonds. The lowest BCUT2D eigenvalue weighted by Gasteiger charge is -1.63. The van der Waals surface area contributed by atoms with Gasteiger partial charge in [-0.05, 0) is 0 Å². The van der Waals surface area contributed by atoms with Crippen LogP contribution in [0.25, 0.3) is 0 Å². The average Bonchev–Trinajstić information content (AvgIpc) is 1.41. The van der Waals surface area contributed by atoms with Crippen molar-refractivity contribution in [1.29, 1.82) is 0 Å². The Bertz CT molecular complexity index is 28.1. The van der Waals surface area contributed by atoms with Crippen molar-refractivity contribution in [3.05, 3.63) is 6.42 Å². The summed E-state index contributed by atoms with van der Waals surface area (Å²) in [4.78, 5) is 9.14. The average molecular weight is 90.5 g/mol. The Kier molecular flexibility index (Phi) is 3.93. The summed E-state index contributed by atoms with van der Waals surface area (Å²) in [6.45, 7) is 0. The molecule has 0 aromatic heterocycles. The van der Waals surface area contributed by atoms with Crippen LogP contribution in [0.2, 0.25) is 0 Å². The first-order valence-corrected chi connectivity index (χ1v) is 1.70. The molecule has 28 valence electrons. The van der Waals surface area contributed by atoms with Crippen molar-refractivity contribution in [1.82, 2.24) is 0 Å². The summed E-state index contributed by atoms with van der Waals surface area (Å²) in [5.41, 5.74) is 0. The van der Waals surface area contributed by atoms with Gasteiger partial charge in [-0.25, -0.2) is 0 Å². The molecule has 0 bridgehead atoms. The number of halogens is 1. The summed E-state index contributed by atoms with van der Waals surface area (Å²) in [5.74, 6) is 0.267. The molecule has 5 heavy (non-hydrogen) atoms. The molecule has 1 nitrogen and oxygen atoms in total. The molecule has 0 aliphatic carbocycles. The predicted octanol–water partition coefficient (Wildman–Crippen LogP) is 0.539. The molecular formula is C3H3ClO. The SMILES string of the molecule is O=[C][CH]CCl. The molecule has 0 aromatic carbocycles. The standard InChI is InChI=1S/C3H3ClO/c4-2-1-3-5/h1H,2H2. The topological polar surface area (TPSA) is 17.1 Å². The first-order chi connectivity index (χ1) is 2.41. The van der Waals surface area contributed by atoms with E-state index in [4.69, 9.17) is 16.4 Å². The largest absolute Gasteiger partial charge is 0.290 e. The van der Waals surface area contributed by atoms with Crippen LogP contribution in [0.15, 0.2) is 0 Å². The lowest BCUT2D eigenvalue weighted by molar-refractivity contribution is 0.561. The Hall–Kier alpha value is -0.0400. The van der Waals surface area contributed by atoms with Gasteiger partial charge in [0.05, 0.1) is 6.42 Å². The van der Waals surface area contributed by atoms with Crippen LogP contribution in [-0.4, -0.2) is 12.2 Å². The zero-order valence-corrected chi connectivity index (χ0v) is 3.33. The first kappa shape index (κ1) is 4.96. The zero-order chi connectivity index (χ0) is 4.12. The van der Waals surface area contributed by atoms with Gasteiger partial charge in [-0.1, -0.05) is 0 Å². The molecule has 0 saturated heterocycles. The van der Waals surface area contributed by atoms with Gasteiger partial charge in [0.25, 0.3) is 0 Å². The first-order valence-electron chi connectivity index (χ1n) is 1.17. The van der Waals surface area contributed by atoms with E-state index in [9.17, 15) is 0 Å². The Morgan fingerprint density at radius 2 is 2.60 bits per heavy atom. The minimum Gasteiger partial charge on any atom is -0.290 e. The van der Waals surface area contributed by atoms with Gasteiger partial charge >= 0.3 is 0 Å². The fraction of sp³-hybridized carbons (Fsp3) is 0.333. The maximum Gasteiger partial charge on any atom is 0.203 e. The van der Waals surface area contributed by atoms with Gasteiger partial charge in [0.2, 0.25) is 6.29 Å². The van der Waals surface area contributed by atoms with Crippen molar-refractivity contribution in [2.45, 2.75) is 0 Å². The minimum atomic E-state index is 0.267. The molecule has 0 saturated carbocycles. The molecule has 0 atom stereocenters. The highest BCUT2D eigenvalue weighted by Gasteiger charge is 1.72. The fourth-order valence-corrected chi connectivity index (χ4v) is 0.0945. The smallest absolute Gasteiger partial charge is 0.203 e. The van der Waals surface area contributed by atoms with Crippen LogP contribution in [0, 0.1) is 6.42 Å². The third kappa shape index (κ3) is 3.96. The number of hydrogen-bond donors (Lipinski definition) is 0. The Labute approximate surface area is 35.9 Å². The Morgan fingerprint density at radius 1 is 2.00 bits per heavy atom. The summed E-state index contributed by atoms with van der Waals surface area (Å²) in [7, 11) is 0. The van der Waals surface area contributed by atoms with E-state index in [-0.39, 0.29) is 5.88 Å². The molecule has 0 aliphatic heterocycles. The van der Waals surface area contributed by atoms with Gasteiger partial charge in [0, 0.05) is 5.88 Å². The van der Waals surface area contributed by atoms with E-state index in [0.29, 0.717) is 0 Å². The molecule has 2 heteroatoms. The zero-order valence-electron chi connectivity index (χ0n) is 2.57. The number of hydrogen-bond acceptors (Lipinski definition) is 1. The molecule has 0 N–H and O–H groups in total. The lowest BCUT2D eigenvalue weighted by Crippen LogP contribution is -1.72. The summed E-state index contributed by atoms with van der Waals surface area (Å²) in [5, 5.41) is 0. The maximum absolute atomic E-state index is 9.14. The van der Waals surface area contributed by atoms with Crippen LogP contribution in [0.5, 0.6) is 0 Å². The third-order valence-electron chi connectivity index (χ3n) is 0.160. The van der Waals surface area contributed by atoms with Crippen molar-refractivity contribution < 1.29 is 4.79 Å². The second kappa shape index (κ2) is 3.96. The predicted molar refractivity (Wildman–Crippen MR) is 20.7 cm³/mol. The molecular weight excluding hydrogens is 87.5 g/mol. The number of alkyl halides is 1. The van der Waals surface area contributed by atoms with Crippen molar-refractivity contribution in [3.63, 3.8) is 0 Å². The summed E-state index contributed by atoms with van der Waals surface area (Å²) in [6, 6.07) is 0. The third-order valence-corrected chi connectivity index (χ3v) is 0.315. The Morgan fingerprint density at radius 3 is 2.60 bits per heavy atom. The monoisotopic (exact) mass is 90.0 g/mol. The normalized spacial score (nSPS) is 7.40. The van der Waals surface area contributed by atoms with E-state index < -0.39 is 0 Å². The molecule has 2 radical (unpaired) electrons. The molecule has 0 rings (SSSR count). The maximum atomic E-state index is 9.14. The van der Waals surface area contributed by atoms with Crippen molar-refractivity contribution in [2.75, 3.05) is 5.88 Å². The van der Waals surface area contributed by atoms with E-state index in [2.05, 4.69) is 0 Å². The van der Waals surface area contributed by atoms with E-state index in [1.165, 1.54) is 12.7 Å². The van der Waals surface area contributed by atoms with Gasteiger partial charge < -0.3 is 0 Å². The van der Waals surface area contributed by atoms with E-state index >= 15 is 0 Å². The molecule has 0 fully saturated rings. The summed E-state index contributed by atoms with van der Waals surface area (Å²) >= 11 is 4.98. The number of carbonyl (C=O) groups excluding carboxylic acids is 1. The molecule has 0 unspecified atom stereocenters. The van der Waals surface area contributed by atoms with E-state index in [0.717, 1.165) is 0 Å². The van der Waals surface area contributed by atoms with Crippen LogP contribution >= 0.6 is 11.6 Å². The van der Waals surface area contributed by atoms with Crippen LogP contribution < -0.4 is 0 Å². The second-order valence-electron chi connectivity index (χ2n) is 0.476. The van der Waals surface area contributed by atoms with Gasteiger partial charge in [-0.2, -0.15) is 0 Å². The Balaban J connectivity index is 2.40.